The second-order valence-corrected chi connectivity index (χ2v) is 11.1. The van der Waals surface area contributed by atoms with Crippen LogP contribution in [0.1, 0.15) is 98.6 Å². The van der Waals surface area contributed by atoms with Crippen LogP contribution in [0.2, 0.25) is 0 Å². The summed E-state index contributed by atoms with van der Waals surface area (Å²) in [6, 6.07) is 4.18. The maximum Gasteiger partial charge on any atom is 0.408 e. The van der Waals surface area contributed by atoms with E-state index in [2.05, 4.69) is 17.6 Å². The van der Waals surface area contributed by atoms with Gasteiger partial charge in [0.15, 0.2) is 0 Å². The van der Waals surface area contributed by atoms with E-state index in [9.17, 15) is 24.3 Å². The molecule has 0 saturated carbocycles. The topological polar surface area (TPSA) is 134 Å². The number of alkyl carbamates (subject to hydrolysis) is 1. The van der Waals surface area contributed by atoms with E-state index in [1.807, 2.05) is 0 Å². The van der Waals surface area contributed by atoms with E-state index in [4.69, 9.17) is 9.47 Å². The lowest BCUT2D eigenvalue weighted by Gasteiger charge is -2.36. The predicted octanol–water partition coefficient (Wildman–Crippen LogP) is 4.85. The summed E-state index contributed by atoms with van der Waals surface area (Å²) >= 11 is 0. The first-order valence-corrected chi connectivity index (χ1v) is 14.3. The summed E-state index contributed by atoms with van der Waals surface area (Å²) in [7, 11) is 0. The van der Waals surface area contributed by atoms with Crippen molar-refractivity contribution in [3.05, 3.63) is 29.8 Å². The molecule has 226 valence electrons. The molecule has 0 fully saturated rings. The summed E-state index contributed by atoms with van der Waals surface area (Å²) in [6.45, 7) is 13.1. The highest BCUT2D eigenvalue weighted by atomic mass is 16.6. The number of nitrogens with zero attached hydrogens (tertiary/aromatic N) is 1. The van der Waals surface area contributed by atoms with Crippen LogP contribution in [0.25, 0.3) is 0 Å². The van der Waals surface area contributed by atoms with Crippen molar-refractivity contribution in [3.8, 4) is 5.75 Å². The summed E-state index contributed by atoms with van der Waals surface area (Å²) in [5, 5.41) is 16.1. The van der Waals surface area contributed by atoms with Crippen molar-refractivity contribution < 1.29 is 33.8 Å². The predicted molar refractivity (Wildman–Crippen MR) is 154 cm³/mol. The Morgan fingerprint density at radius 3 is 2.23 bits per heavy atom. The quantitative estimate of drug-likeness (QED) is 0.193. The fraction of sp³-hybridized carbons (Fsp3) is 0.667. The average Bonchev–Trinajstić information content (AvgIpc) is 2.86. The van der Waals surface area contributed by atoms with E-state index in [-0.39, 0.29) is 43.3 Å². The summed E-state index contributed by atoms with van der Waals surface area (Å²) < 4.78 is 10.3. The normalized spacial score (nSPS) is 12.8. The molecule has 1 rings (SSSR count). The van der Waals surface area contributed by atoms with Gasteiger partial charge in [0.1, 0.15) is 23.4 Å². The molecule has 10 nitrogen and oxygen atoms in total. The number of aromatic hydroxyl groups is 1. The highest BCUT2D eigenvalue weighted by Gasteiger charge is 2.38. The largest absolute Gasteiger partial charge is 0.508 e. The van der Waals surface area contributed by atoms with Crippen molar-refractivity contribution in [2.24, 2.45) is 5.92 Å². The van der Waals surface area contributed by atoms with E-state index >= 15 is 0 Å². The molecule has 0 aliphatic heterocycles. The summed E-state index contributed by atoms with van der Waals surface area (Å²) in [5.41, 5.74) is -0.511. The number of amides is 3. The zero-order valence-electron chi connectivity index (χ0n) is 25.2. The Hall–Kier alpha value is -3.30. The lowest BCUT2D eigenvalue weighted by Crippen LogP contribution is -2.55. The monoisotopic (exact) mass is 563 g/mol. The zero-order chi connectivity index (χ0) is 30.3. The highest BCUT2D eigenvalue weighted by Crippen LogP contribution is 2.30. The van der Waals surface area contributed by atoms with Crippen LogP contribution in [-0.4, -0.2) is 65.2 Å². The van der Waals surface area contributed by atoms with E-state index in [0.29, 0.717) is 6.42 Å². The minimum Gasteiger partial charge on any atom is -0.508 e. The maximum absolute atomic E-state index is 14.1. The van der Waals surface area contributed by atoms with Crippen molar-refractivity contribution in [3.63, 3.8) is 0 Å². The molecule has 3 amide bonds. The smallest absolute Gasteiger partial charge is 0.408 e. The van der Waals surface area contributed by atoms with E-state index in [0.717, 1.165) is 25.7 Å². The third-order valence-electron chi connectivity index (χ3n) is 6.12. The molecule has 10 heteroatoms. The van der Waals surface area contributed by atoms with Gasteiger partial charge in [-0.1, -0.05) is 64.7 Å². The van der Waals surface area contributed by atoms with Gasteiger partial charge in [-0.2, -0.15) is 0 Å². The van der Waals surface area contributed by atoms with Crippen LogP contribution < -0.4 is 10.6 Å². The third kappa shape index (κ3) is 12.3. The maximum atomic E-state index is 14.1. The number of esters is 1. The lowest BCUT2D eigenvalue weighted by molar-refractivity contribution is -0.145. The van der Waals surface area contributed by atoms with Gasteiger partial charge in [-0.25, -0.2) is 4.79 Å². The van der Waals surface area contributed by atoms with Gasteiger partial charge in [-0.05, 0) is 46.1 Å². The highest BCUT2D eigenvalue weighted by molar-refractivity contribution is 5.92. The molecular formula is C30H49N3O7. The minimum absolute atomic E-state index is 0.00403. The molecule has 2 atom stereocenters. The van der Waals surface area contributed by atoms with Gasteiger partial charge in [-0.15, -0.1) is 0 Å². The molecule has 0 spiro atoms. The third-order valence-corrected chi connectivity index (χ3v) is 6.12. The summed E-state index contributed by atoms with van der Waals surface area (Å²) in [5.74, 6) is -1.93. The van der Waals surface area contributed by atoms with Crippen molar-refractivity contribution in [1.29, 1.82) is 0 Å². The van der Waals surface area contributed by atoms with Crippen LogP contribution >= 0.6 is 0 Å². The Kier molecular flexibility index (Phi) is 15.1. The van der Waals surface area contributed by atoms with E-state index in [1.54, 1.807) is 59.7 Å². The Labute approximate surface area is 239 Å². The number of carbonyl (C=O) groups excluding carboxylic acids is 4. The average molecular weight is 564 g/mol. The molecule has 1 aromatic rings. The second-order valence-electron chi connectivity index (χ2n) is 11.1. The van der Waals surface area contributed by atoms with Crippen LogP contribution in [0.5, 0.6) is 5.75 Å². The molecule has 2 unspecified atom stereocenters. The Morgan fingerprint density at radius 2 is 1.65 bits per heavy atom. The number of ether oxygens (including phenoxy) is 2. The fourth-order valence-electron chi connectivity index (χ4n) is 4.17. The number of carbonyl (C=O) groups is 4. The minimum atomic E-state index is -1.19. The Bertz CT molecular complexity index is 959. The molecule has 0 aliphatic carbocycles. The van der Waals surface area contributed by atoms with Gasteiger partial charge in [0, 0.05) is 18.7 Å². The van der Waals surface area contributed by atoms with Gasteiger partial charge in [-0.3, -0.25) is 14.4 Å². The number of unbranched alkanes of at least 4 members (excludes halogenated alkanes) is 4. The van der Waals surface area contributed by atoms with Crippen LogP contribution in [0.4, 0.5) is 4.79 Å². The number of rotatable bonds is 16. The number of benzene rings is 1. The van der Waals surface area contributed by atoms with Crippen LogP contribution in [0.3, 0.4) is 0 Å². The molecule has 0 aliphatic rings. The molecule has 0 aromatic heterocycles. The molecular weight excluding hydrogens is 514 g/mol. The van der Waals surface area contributed by atoms with E-state index in [1.165, 1.54) is 11.0 Å². The molecule has 0 radical (unpaired) electrons. The van der Waals surface area contributed by atoms with Crippen LogP contribution in [0, 0.1) is 5.92 Å². The summed E-state index contributed by atoms with van der Waals surface area (Å²) in [4.78, 5) is 53.7. The Morgan fingerprint density at radius 1 is 1.00 bits per heavy atom. The first-order chi connectivity index (χ1) is 18.8. The number of para-hydroxylation sites is 1. The molecule has 0 heterocycles. The number of phenols is 1. The van der Waals surface area contributed by atoms with Gasteiger partial charge in [0.05, 0.1) is 13.0 Å². The second kappa shape index (κ2) is 17.4. The molecule has 0 bridgehead atoms. The van der Waals surface area contributed by atoms with Gasteiger partial charge in [0.2, 0.25) is 11.8 Å². The van der Waals surface area contributed by atoms with Crippen molar-refractivity contribution >= 4 is 23.9 Å². The lowest BCUT2D eigenvalue weighted by atomic mass is 9.97. The number of hydrogen-bond acceptors (Lipinski definition) is 7. The SMILES string of the molecule is CCCCCCCN(C(=O)C(NC(=O)OC(C)(C)C)C(C)C)C(C(=O)NCCC(=O)OCC)c1ccccc1O. The number of nitrogens with one attached hydrogen (secondary N) is 2. The van der Waals surface area contributed by atoms with Crippen molar-refractivity contribution in [2.45, 2.75) is 105 Å². The van der Waals surface area contributed by atoms with Crippen molar-refractivity contribution in [2.75, 3.05) is 19.7 Å². The molecule has 3 N–H and O–H groups in total. The Balaban J connectivity index is 3.41. The van der Waals surface area contributed by atoms with Gasteiger partial charge >= 0.3 is 12.1 Å². The van der Waals surface area contributed by atoms with Crippen LogP contribution in [-0.2, 0) is 23.9 Å². The van der Waals surface area contributed by atoms with Crippen molar-refractivity contribution in [1.82, 2.24) is 15.5 Å². The van der Waals surface area contributed by atoms with Gasteiger partial charge < -0.3 is 30.1 Å². The van der Waals surface area contributed by atoms with Gasteiger partial charge in [0.25, 0.3) is 0 Å². The zero-order valence-corrected chi connectivity index (χ0v) is 25.2. The fourth-order valence-corrected chi connectivity index (χ4v) is 4.17. The number of hydrogen-bond donors (Lipinski definition) is 3. The standard InChI is InChI=1S/C30H49N3O7/c1-8-10-11-12-15-20-33(28(37)25(21(3)4)32-29(38)40-30(5,6)7)26(22-16-13-14-17-23(22)34)27(36)31-19-18-24(35)39-9-2/h13-14,16-17,21,25-26,34H,8-12,15,18-20H2,1-7H3,(H,31,36)(H,32,38). The van der Waals surface area contributed by atoms with E-state index < -0.39 is 41.6 Å². The molecule has 0 saturated heterocycles. The molecule has 1 aromatic carbocycles. The number of phenolic OH excluding ortho intramolecular Hbond substituents is 1. The first-order valence-electron chi connectivity index (χ1n) is 14.3. The van der Waals surface area contributed by atoms with Crippen LogP contribution in [0.15, 0.2) is 24.3 Å². The molecule has 40 heavy (non-hydrogen) atoms. The first kappa shape index (κ1) is 34.7. The summed E-state index contributed by atoms with van der Waals surface area (Å²) in [6.07, 6.45) is 3.80.